The molecule has 18 heavy (non-hydrogen) atoms. The Labute approximate surface area is 112 Å². The predicted octanol–water partition coefficient (Wildman–Crippen LogP) is 2.16. The summed E-state index contributed by atoms with van der Waals surface area (Å²) >= 11 is 0. The molecule has 0 aliphatic heterocycles. The van der Waals surface area contributed by atoms with E-state index in [9.17, 15) is 9.00 Å². The summed E-state index contributed by atoms with van der Waals surface area (Å²) in [6, 6.07) is -0.515. The molecule has 2 unspecified atom stereocenters. The molecule has 0 saturated heterocycles. The van der Waals surface area contributed by atoms with Crippen molar-refractivity contribution in [3.8, 4) is 0 Å². The average molecular weight is 275 g/mol. The van der Waals surface area contributed by atoms with Crippen LogP contribution in [-0.4, -0.2) is 28.1 Å². The van der Waals surface area contributed by atoms with E-state index in [2.05, 4.69) is 4.72 Å². The second kappa shape index (κ2) is 6.66. The average Bonchev–Trinajstić information content (AvgIpc) is 2.77. The normalized spacial score (nSPS) is 20.7. The fourth-order valence-corrected chi connectivity index (χ4v) is 3.75. The van der Waals surface area contributed by atoms with Gasteiger partial charge in [0.25, 0.3) is 0 Å². The molecule has 5 heteroatoms. The number of carbonyl (C=O) groups is 1. The molecule has 0 aromatic carbocycles. The summed E-state index contributed by atoms with van der Waals surface area (Å²) in [5, 5.41) is 0.185. The Morgan fingerprint density at radius 3 is 2.39 bits per heavy atom. The highest BCUT2D eigenvalue weighted by atomic mass is 32.2. The van der Waals surface area contributed by atoms with E-state index >= 15 is 0 Å². The zero-order valence-corrected chi connectivity index (χ0v) is 12.6. The fraction of sp³-hybridized carbons (Fsp3) is 0.923. The predicted molar refractivity (Wildman–Crippen MR) is 73.4 cm³/mol. The van der Waals surface area contributed by atoms with E-state index in [1.165, 1.54) is 0 Å². The molecule has 0 aromatic heterocycles. The molecule has 1 N–H and O–H groups in total. The minimum absolute atomic E-state index is 0.185. The molecule has 0 aromatic rings. The first-order chi connectivity index (χ1) is 8.36. The maximum atomic E-state index is 12.2. The zero-order chi connectivity index (χ0) is 13.8. The maximum Gasteiger partial charge on any atom is 0.324 e. The minimum Gasteiger partial charge on any atom is -0.465 e. The van der Waals surface area contributed by atoms with Crippen LogP contribution in [0.4, 0.5) is 0 Å². The van der Waals surface area contributed by atoms with Gasteiger partial charge < -0.3 is 4.74 Å². The van der Waals surface area contributed by atoms with Gasteiger partial charge in [0.2, 0.25) is 0 Å². The van der Waals surface area contributed by atoms with Crippen LogP contribution in [0.2, 0.25) is 0 Å². The summed E-state index contributed by atoms with van der Waals surface area (Å²) in [6.45, 7) is 7.99. The van der Waals surface area contributed by atoms with Gasteiger partial charge in [-0.3, -0.25) is 4.79 Å². The Morgan fingerprint density at radius 2 is 1.94 bits per heavy atom. The van der Waals surface area contributed by atoms with Crippen LogP contribution < -0.4 is 4.72 Å². The molecular weight excluding hydrogens is 250 g/mol. The number of nitrogens with one attached hydrogen (secondary N) is 1. The van der Waals surface area contributed by atoms with Gasteiger partial charge in [0.05, 0.1) is 17.6 Å². The standard InChI is InChI=1S/C13H25NO3S/c1-5-17-12(15)11(13(2,3)4)14-18(16)10-8-6-7-9-10/h10-11,14H,5-9H2,1-4H3. The molecule has 0 bridgehead atoms. The van der Waals surface area contributed by atoms with Crippen molar-refractivity contribution >= 4 is 17.0 Å². The number of esters is 1. The van der Waals surface area contributed by atoms with Gasteiger partial charge in [-0.15, -0.1) is 0 Å². The van der Waals surface area contributed by atoms with Crippen LogP contribution in [0.25, 0.3) is 0 Å². The van der Waals surface area contributed by atoms with E-state index in [0.29, 0.717) is 6.61 Å². The fourth-order valence-electron chi connectivity index (χ4n) is 2.12. The largest absolute Gasteiger partial charge is 0.465 e. The number of hydrogen-bond acceptors (Lipinski definition) is 3. The van der Waals surface area contributed by atoms with Crippen LogP contribution >= 0.6 is 0 Å². The first-order valence-electron chi connectivity index (χ1n) is 6.69. The molecule has 106 valence electrons. The van der Waals surface area contributed by atoms with Crippen LogP contribution in [-0.2, 0) is 20.5 Å². The second-order valence-electron chi connectivity index (χ2n) is 5.87. The van der Waals surface area contributed by atoms with Crippen molar-refractivity contribution in [3.05, 3.63) is 0 Å². The summed E-state index contributed by atoms with van der Waals surface area (Å²) in [7, 11) is -1.15. The van der Waals surface area contributed by atoms with E-state index in [1.54, 1.807) is 6.92 Å². The smallest absolute Gasteiger partial charge is 0.324 e. The third-order valence-corrected chi connectivity index (χ3v) is 4.77. The van der Waals surface area contributed by atoms with E-state index in [0.717, 1.165) is 25.7 Å². The molecule has 1 fully saturated rings. The lowest BCUT2D eigenvalue weighted by Crippen LogP contribution is -2.49. The summed E-state index contributed by atoms with van der Waals surface area (Å²) in [6.07, 6.45) is 4.24. The van der Waals surface area contributed by atoms with Crippen molar-refractivity contribution in [2.24, 2.45) is 5.41 Å². The lowest BCUT2D eigenvalue weighted by Gasteiger charge is -2.29. The van der Waals surface area contributed by atoms with Crippen molar-refractivity contribution in [2.75, 3.05) is 6.61 Å². The van der Waals surface area contributed by atoms with Gasteiger partial charge in [-0.1, -0.05) is 33.6 Å². The molecule has 0 amide bonds. The lowest BCUT2D eigenvalue weighted by molar-refractivity contribution is -0.147. The van der Waals surface area contributed by atoms with Crippen molar-refractivity contribution in [2.45, 2.75) is 64.7 Å². The van der Waals surface area contributed by atoms with Crippen molar-refractivity contribution in [1.29, 1.82) is 0 Å². The Balaban J connectivity index is 2.66. The third-order valence-electron chi connectivity index (χ3n) is 3.23. The van der Waals surface area contributed by atoms with Crippen molar-refractivity contribution < 1.29 is 13.7 Å². The Hall–Kier alpha value is -0.420. The molecular formula is C13H25NO3S. The summed E-state index contributed by atoms with van der Waals surface area (Å²) in [4.78, 5) is 11.9. The van der Waals surface area contributed by atoms with Crippen molar-refractivity contribution in [3.63, 3.8) is 0 Å². The molecule has 1 rings (SSSR count). The lowest BCUT2D eigenvalue weighted by atomic mass is 9.87. The van der Waals surface area contributed by atoms with E-state index < -0.39 is 17.0 Å². The highest BCUT2D eigenvalue weighted by molar-refractivity contribution is 7.83. The number of rotatable bonds is 5. The molecule has 0 radical (unpaired) electrons. The molecule has 1 aliphatic carbocycles. The molecule has 4 nitrogen and oxygen atoms in total. The molecule has 0 spiro atoms. The molecule has 0 heterocycles. The van der Waals surface area contributed by atoms with E-state index in [1.807, 2.05) is 20.8 Å². The minimum atomic E-state index is -1.15. The van der Waals surface area contributed by atoms with Crippen LogP contribution in [0, 0.1) is 5.41 Å². The van der Waals surface area contributed by atoms with Crippen LogP contribution in [0.5, 0.6) is 0 Å². The Kier molecular flexibility index (Phi) is 5.79. The number of hydrogen-bond donors (Lipinski definition) is 1. The van der Waals surface area contributed by atoms with Crippen molar-refractivity contribution in [1.82, 2.24) is 4.72 Å². The summed E-state index contributed by atoms with van der Waals surface area (Å²) in [5.74, 6) is -0.309. The van der Waals surface area contributed by atoms with Gasteiger partial charge in [0, 0.05) is 5.25 Å². The van der Waals surface area contributed by atoms with Crippen LogP contribution in [0.3, 0.4) is 0 Å². The second-order valence-corrected chi connectivity index (χ2v) is 7.37. The highest BCUT2D eigenvalue weighted by Gasteiger charge is 2.35. The first-order valence-corrected chi connectivity index (χ1v) is 7.91. The SMILES string of the molecule is CCOC(=O)C(NS(=O)C1CCCC1)C(C)(C)C. The van der Waals surface area contributed by atoms with Gasteiger partial charge in [0.15, 0.2) is 0 Å². The zero-order valence-electron chi connectivity index (χ0n) is 11.8. The maximum absolute atomic E-state index is 12.2. The monoisotopic (exact) mass is 275 g/mol. The van der Waals surface area contributed by atoms with E-state index in [-0.39, 0.29) is 16.6 Å². The van der Waals surface area contributed by atoms with Gasteiger partial charge in [-0.2, -0.15) is 0 Å². The topological polar surface area (TPSA) is 55.4 Å². The highest BCUT2D eigenvalue weighted by Crippen LogP contribution is 2.25. The Bertz CT molecular complexity index is 306. The van der Waals surface area contributed by atoms with Crippen LogP contribution in [0.1, 0.15) is 53.4 Å². The quantitative estimate of drug-likeness (QED) is 0.782. The first kappa shape index (κ1) is 15.6. The third kappa shape index (κ3) is 4.35. The molecule has 1 aliphatic rings. The van der Waals surface area contributed by atoms with Gasteiger partial charge >= 0.3 is 5.97 Å². The van der Waals surface area contributed by atoms with Gasteiger partial charge in [0.1, 0.15) is 6.04 Å². The van der Waals surface area contributed by atoms with Crippen LogP contribution in [0.15, 0.2) is 0 Å². The van der Waals surface area contributed by atoms with Gasteiger partial charge in [-0.25, -0.2) is 8.93 Å². The molecule has 1 saturated carbocycles. The summed E-state index contributed by atoms with van der Waals surface area (Å²) in [5.41, 5.74) is -0.305. The summed E-state index contributed by atoms with van der Waals surface area (Å²) < 4.78 is 20.2. The van der Waals surface area contributed by atoms with Gasteiger partial charge in [-0.05, 0) is 25.2 Å². The Morgan fingerprint density at radius 1 is 1.39 bits per heavy atom. The number of carbonyl (C=O) groups excluding carboxylic acids is 1. The molecule has 2 atom stereocenters. The van der Waals surface area contributed by atoms with E-state index in [4.69, 9.17) is 4.74 Å². The number of ether oxygens (including phenoxy) is 1.